The van der Waals surface area contributed by atoms with Crippen LogP contribution in [0.1, 0.15) is 34.6 Å². The number of sulfonamides is 1. The zero-order valence-corrected chi connectivity index (χ0v) is 17.7. The Balaban J connectivity index is 2.09. The van der Waals surface area contributed by atoms with Gasteiger partial charge in [0.2, 0.25) is 10.0 Å². The first-order chi connectivity index (χ1) is 12.3. The van der Waals surface area contributed by atoms with Crippen molar-refractivity contribution in [1.29, 1.82) is 0 Å². The highest BCUT2D eigenvalue weighted by molar-refractivity contribution is 7.89. The maximum absolute atomic E-state index is 12.6. The highest BCUT2D eigenvalue weighted by atomic mass is 35.5. The van der Waals surface area contributed by atoms with Gasteiger partial charge in [0.25, 0.3) is 0 Å². The van der Waals surface area contributed by atoms with Crippen molar-refractivity contribution in [2.75, 3.05) is 6.54 Å². The molecule has 6 nitrogen and oxygen atoms in total. The van der Waals surface area contributed by atoms with Gasteiger partial charge in [-0.05, 0) is 69.7 Å². The molecule has 0 fully saturated rings. The van der Waals surface area contributed by atoms with E-state index in [9.17, 15) is 13.2 Å². The molecule has 0 atom stereocenters. The summed E-state index contributed by atoms with van der Waals surface area (Å²) in [5.74, 6) is 0. The summed E-state index contributed by atoms with van der Waals surface area (Å²) in [7, 11) is -3.74. The summed E-state index contributed by atoms with van der Waals surface area (Å²) in [5.41, 5.74) is -1.46. The maximum atomic E-state index is 12.6. The Morgan fingerprint density at radius 2 is 1.63 bits per heavy atom. The van der Waals surface area contributed by atoms with Crippen molar-refractivity contribution in [2.45, 2.75) is 50.7 Å². The number of hydrogen-bond donors (Lipinski definition) is 2. The third-order valence-electron chi connectivity index (χ3n) is 3.63. The van der Waals surface area contributed by atoms with E-state index in [0.29, 0.717) is 5.02 Å². The van der Waals surface area contributed by atoms with Crippen LogP contribution < -0.4 is 10.0 Å². The second-order valence-electron chi connectivity index (χ2n) is 7.99. The molecule has 8 heteroatoms. The summed E-state index contributed by atoms with van der Waals surface area (Å²) in [5, 5.41) is 4.89. The third-order valence-corrected chi connectivity index (χ3v) is 5.26. The Morgan fingerprint density at radius 1 is 1.04 bits per heavy atom. The number of benzene rings is 2. The molecule has 0 aromatic heterocycles. The number of ether oxygens (including phenoxy) is 1. The van der Waals surface area contributed by atoms with Gasteiger partial charge in [-0.1, -0.05) is 23.7 Å². The summed E-state index contributed by atoms with van der Waals surface area (Å²) in [6.45, 7) is 8.70. The monoisotopic (exact) mass is 412 g/mol. The van der Waals surface area contributed by atoms with Crippen molar-refractivity contribution in [3.63, 3.8) is 0 Å². The number of carbonyl (C=O) groups excluding carboxylic acids is 1. The molecule has 1 amide bonds. The standard InChI is InChI=1S/C19H25ClN2O4S/c1-18(2,3)26-17(23)22-19(4,5)12-21-27(24,25)16-9-7-13-10-15(20)8-6-14(13)11-16/h6-11,21H,12H2,1-5H3,(H,22,23). The van der Waals surface area contributed by atoms with Gasteiger partial charge in [0.15, 0.2) is 0 Å². The highest BCUT2D eigenvalue weighted by Gasteiger charge is 2.26. The van der Waals surface area contributed by atoms with E-state index >= 15 is 0 Å². The predicted molar refractivity (Wildman–Crippen MR) is 108 cm³/mol. The van der Waals surface area contributed by atoms with Gasteiger partial charge in [0.1, 0.15) is 5.60 Å². The molecule has 0 heterocycles. The predicted octanol–water partition coefficient (Wildman–Crippen LogP) is 4.07. The van der Waals surface area contributed by atoms with Crippen LogP contribution in [0.15, 0.2) is 41.3 Å². The largest absolute Gasteiger partial charge is 0.444 e. The van der Waals surface area contributed by atoms with Crippen LogP contribution in [0.5, 0.6) is 0 Å². The summed E-state index contributed by atoms with van der Waals surface area (Å²) in [4.78, 5) is 12.1. The van der Waals surface area contributed by atoms with E-state index in [4.69, 9.17) is 16.3 Å². The van der Waals surface area contributed by atoms with Crippen molar-refractivity contribution in [3.8, 4) is 0 Å². The van der Waals surface area contributed by atoms with Gasteiger partial charge in [-0.25, -0.2) is 17.9 Å². The minimum Gasteiger partial charge on any atom is -0.444 e. The van der Waals surface area contributed by atoms with Crippen LogP contribution >= 0.6 is 11.6 Å². The molecule has 27 heavy (non-hydrogen) atoms. The molecular formula is C19H25ClN2O4S. The quantitative estimate of drug-likeness (QED) is 0.775. The van der Waals surface area contributed by atoms with E-state index in [1.54, 1.807) is 65.0 Å². The molecule has 2 N–H and O–H groups in total. The summed E-state index contributed by atoms with van der Waals surface area (Å²) < 4.78 is 33.0. The van der Waals surface area contributed by atoms with Crippen molar-refractivity contribution in [2.24, 2.45) is 0 Å². The van der Waals surface area contributed by atoms with Gasteiger partial charge in [0, 0.05) is 11.6 Å². The Morgan fingerprint density at radius 3 is 2.26 bits per heavy atom. The van der Waals surface area contributed by atoms with Crippen molar-refractivity contribution in [1.82, 2.24) is 10.0 Å². The molecule has 2 aromatic rings. The number of nitrogens with one attached hydrogen (secondary N) is 2. The highest BCUT2D eigenvalue weighted by Crippen LogP contribution is 2.22. The number of fused-ring (bicyclic) bond motifs is 1. The molecule has 2 aromatic carbocycles. The Hall–Kier alpha value is -1.83. The molecule has 0 saturated carbocycles. The molecule has 2 rings (SSSR count). The van der Waals surface area contributed by atoms with Gasteiger partial charge < -0.3 is 10.1 Å². The zero-order chi connectivity index (χ0) is 20.5. The smallest absolute Gasteiger partial charge is 0.408 e. The number of alkyl carbamates (subject to hydrolysis) is 1. The Kier molecular flexibility index (Phi) is 6.09. The molecule has 0 saturated heterocycles. The van der Waals surface area contributed by atoms with Gasteiger partial charge in [-0.15, -0.1) is 0 Å². The number of rotatable bonds is 5. The van der Waals surface area contributed by atoms with E-state index in [0.717, 1.165) is 10.8 Å². The lowest BCUT2D eigenvalue weighted by Gasteiger charge is -2.28. The molecule has 148 valence electrons. The van der Waals surface area contributed by atoms with Crippen LogP contribution in [-0.2, 0) is 14.8 Å². The molecule has 0 aliphatic heterocycles. The van der Waals surface area contributed by atoms with Crippen LogP contribution in [0.3, 0.4) is 0 Å². The lowest BCUT2D eigenvalue weighted by atomic mass is 10.1. The number of hydrogen-bond acceptors (Lipinski definition) is 4. The first kappa shape index (κ1) is 21.5. The SMILES string of the molecule is CC(C)(CNS(=O)(=O)c1ccc2cc(Cl)ccc2c1)NC(=O)OC(C)(C)C. The van der Waals surface area contributed by atoms with Gasteiger partial charge in [-0.3, -0.25) is 0 Å². The van der Waals surface area contributed by atoms with Crippen LogP contribution in [-0.4, -0.2) is 32.2 Å². The van der Waals surface area contributed by atoms with E-state index in [1.807, 2.05) is 0 Å². The van der Waals surface area contributed by atoms with Gasteiger partial charge in [0.05, 0.1) is 10.4 Å². The fourth-order valence-electron chi connectivity index (χ4n) is 2.34. The third kappa shape index (κ3) is 6.37. The summed E-state index contributed by atoms with van der Waals surface area (Å²) in [6, 6.07) is 10.1. The van der Waals surface area contributed by atoms with E-state index in [2.05, 4.69) is 10.0 Å². The molecule has 0 aliphatic carbocycles. The second kappa shape index (κ2) is 7.66. The van der Waals surface area contributed by atoms with Crippen molar-refractivity contribution < 1.29 is 17.9 Å². The fourth-order valence-corrected chi connectivity index (χ4v) is 3.77. The normalized spacial score (nSPS) is 12.8. The van der Waals surface area contributed by atoms with Crippen LogP contribution in [0.25, 0.3) is 10.8 Å². The maximum Gasteiger partial charge on any atom is 0.408 e. The van der Waals surface area contributed by atoms with Gasteiger partial charge in [-0.2, -0.15) is 0 Å². The van der Waals surface area contributed by atoms with E-state index < -0.39 is 27.3 Å². The first-order valence-electron chi connectivity index (χ1n) is 8.48. The Bertz CT molecular complexity index is 950. The molecule has 0 aliphatic rings. The molecule has 0 spiro atoms. The van der Waals surface area contributed by atoms with E-state index in [-0.39, 0.29) is 11.4 Å². The summed E-state index contributed by atoms with van der Waals surface area (Å²) in [6.07, 6.45) is -0.603. The van der Waals surface area contributed by atoms with E-state index in [1.165, 1.54) is 6.07 Å². The average molecular weight is 413 g/mol. The molecule has 0 bridgehead atoms. The number of halogens is 1. The summed E-state index contributed by atoms with van der Waals surface area (Å²) >= 11 is 5.95. The minimum atomic E-state index is -3.74. The average Bonchev–Trinajstić information content (AvgIpc) is 2.50. The van der Waals surface area contributed by atoms with Crippen LogP contribution in [0, 0.1) is 0 Å². The lowest BCUT2D eigenvalue weighted by Crippen LogP contribution is -2.52. The Labute approximate surface area is 165 Å². The zero-order valence-electron chi connectivity index (χ0n) is 16.1. The van der Waals surface area contributed by atoms with Gasteiger partial charge >= 0.3 is 6.09 Å². The van der Waals surface area contributed by atoms with Crippen molar-refractivity contribution in [3.05, 3.63) is 41.4 Å². The second-order valence-corrected chi connectivity index (χ2v) is 10.2. The van der Waals surface area contributed by atoms with Crippen molar-refractivity contribution >= 4 is 38.5 Å². The number of carbonyl (C=O) groups is 1. The topological polar surface area (TPSA) is 84.5 Å². The van der Waals surface area contributed by atoms with Crippen LogP contribution in [0.4, 0.5) is 4.79 Å². The minimum absolute atomic E-state index is 0.00717. The molecular weight excluding hydrogens is 388 g/mol. The number of amides is 1. The fraction of sp³-hybridized carbons (Fsp3) is 0.421. The molecule has 0 unspecified atom stereocenters. The lowest BCUT2D eigenvalue weighted by molar-refractivity contribution is 0.0474. The van der Waals surface area contributed by atoms with Crippen LogP contribution in [0.2, 0.25) is 5.02 Å². The first-order valence-corrected chi connectivity index (χ1v) is 10.3. The molecule has 0 radical (unpaired) electrons.